The lowest BCUT2D eigenvalue weighted by atomic mass is 10.2. The third-order valence-corrected chi connectivity index (χ3v) is 3.61. The fraction of sp³-hybridized carbons (Fsp3) is 1.00. The van der Waals surface area contributed by atoms with E-state index in [1.165, 1.54) is 6.26 Å². The first-order valence-electron chi connectivity index (χ1n) is 5.08. The van der Waals surface area contributed by atoms with Gasteiger partial charge in [-0.15, -0.1) is 0 Å². The molecule has 0 aromatic heterocycles. The fourth-order valence-electron chi connectivity index (χ4n) is 1.80. The molecule has 0 unspecified atom stereocenters. The van der Waals surface area contributed by atoms with E-state index in [4.69, 9.17) is 0 Å². The highest BCUT2D eigenvalue weighted by atomic mass is 32.2. The summed E-state index contributed by atoms with van der Waals surface area (Å²) in [4.78, 5) is 0. The van der Waals surface area contributed by atoms with Crippen LogP contribution in [0.15, 0.2) is 0 Å². The Morgan fingerprint density at radius 2 is 2.14 bits per heavy atom. The van der Waals surface area contributed by atoms with Crippen LogP contribution in [0.2, 0.25) is 0 Å². The second-order valence-electron chi connectivity index (χ2n) is 4.04. The van der Waals surface area contributed by atoms with Crippen molar-refractivity contribution in [3.63, 3.8) is 0 Å². The van der Waals surface area contributed by atoms with Gasteiger partial charge in [-0.3, -0.25) is 0 Å². The molecule has 84 valence electrons. The zero-order valence-electron chi connectivity index (χ0n) is 8.57. The molecule has 0 bridgehead atoms. The van der Waals surface area contributed by atoms with Crippen LogP contribution in [-0.4, -0.2) is 44.2 Å². The highest BCUT2D eigenvalue weighted by Gasteiger charge is 2.23. The molecule has 0 amide bonds. The van der Waals surface area contributed by atoms with Crippen LogP contribution in [0.1, 0.15) is 25.7 Å². The molecule has 2 N–H and O–H groups in total. The molecule has 0 radical (unpaired) electrons. The molecular weight excluding hydrogens is 202 g/mol. The Hall–Kier alpha value is -0.130. The Morgan fingerprint density at radius 1 is 1.43 bits per heavy atom. The predicted octanol–water partition coefficient (Wildman–Crippen LogP) is -0.0759. The number of hydrogen-bond acceptors (Lipinski definition) is 4. The van der Waals surface area contributed by atoms with E-state index in [1.54, 1.807) is 0 Å². The van der Waals surface area contributed by atoms with Gasteiger partial charge in [-0.05, 0) is 32.2 Å². The first-order chi connectivity index (χ1) is 6.49. The lowest BCUT2D eigenvalue weighted by Crippen LogP contribution is -2.36. The van der Waals surface area contributed by atoms with Gasteiger partial charge in [0.2, 0.25) is 0 Å². The van der Waals surface area contributed by atoms with E-state index >= 15 is 0 Å². The van der Waals surface area contributed by atoms with Gasteiger partial charge in [0.15, 0.2) is 0 Å². The number of hydrogen-bond donors (Lipinski definition) is 2. The van der Waals surface area contributed by atoms with E-state index < -0.39 is 9.84 Å². The van der Waals surface area contributed by atoms with Crippen molar-refractivity contribution < 1.29 is 13.5 Å². The number of nitrogens with one attached hydrogen (secondary N) is 1. The smallest absolute Gasteiger partial charge is 0.147 e. The van der Waals surface area contributed by atoms with Crippen LogP contribution in [0.4, 0.5) is 0 Å². The molecule has 1 rings (SSSR count). The first kappa shape index (κ1) is 11.9. The van der Waals surface area contributed by atoms with E-state index in [-0.39, 0.29) is 17.9 Å². The zero-order chi connectivity index (χ0) is 10.6. The van der Waals surface area contributed by atoms with E-state index in [0.717, 1.165) is 19.3 Å². The van der Waals surface area contributed by atoms with Crippen molar-refractivity contribution in [2.24, 2.45) is 0 Å². The van der Waals surface area contributed by atoms with Gasteiger partial charge >= 0.3 is 0 Å². The van der Waals surface area contributed by atoms with Crippen LogP contribution in [0.3, 0.4) is 0 Å². The van der Waals surface area contributed by atoms with Gasteiger partial charge in [0.05, 0.1) is 11.9 Å². The van der Waals surface area contributed by atoms with Crippen molar-refractivity contribution in [2.45, 2.75) is 37.8 Å². The molecule has 0 aliphatic heterocycles. The first-order valence-corrected chi connectivity index (χ1v) is 7.14. The van der Waals surface area contributed by atoms with E-state index in [0.29, 0.717) is 13.0 Å². The lowest BCUT2D eigenvalue weighted by molar-refractivity contribution is 0.149. The summed E-state index contributed by atoms with van der Waals surface area (Å²) in [7, 11) is -2.84. The standard InChI is InChI=1S/C9H19NO3S/c1-14(12,13)7-3-6-10-8-4-2-5-9(8)11/h8-11H,2-7H2,1H3/t8-,9-/m0/s1. The third kappa shape index (κ3) is 4.39. The highest BCUT2D eigenvalue weighted by Crippen LogP contribution is 2.18. The molecule has 5 heteroatoms. The van der Waals surface area contributed by atoms with Gasteiger partial charge in [0, 0.05) is 12.3 Å². The minimum atomic E-state index is -2.84. The second-order valence-corrected chi connectivity index (χ2v) is 6.30. The fourth-order valence-corrected chi connectivity index (χ4v) is 2.47. The maximum absolute atomic E-state index is 10.8. The van der Waals surface area contributed by atoms with Crippen LogP contribution in [-0.2, 0) is 9.84 Å². The maximum Gasteiger partial charge on any atom is 0.147 e. The average Bonchev–Trinajstić information content (AvgIpc) is 2.44. The number of rotatable bonds is 5. The molecule has 1 fully saturated rings. The van der Waals surface area contributed by atoms with Crippen molar-refractivity contribution in [2.75, 3.05) is 18.6 Å². The molecular formula is C9H19NO3S. The minimum absolute atomic E-state index is 0.176. The van der Waals surface area contributed by atoms with Crippen molar-refractivity contribution in [1.29, 1.82) is 0 Å². The van der Waals surface area contributed by atoms with Crippen molar-refractivity contribution in [3.8, 4) is 0 Å². The Morgan fingerprint density at radius 3 is 2.64 bits per heavy atom. The summed E-state index contributed by atoms with van der Waals surface area (Å²) < 4.78 is 21.6. The molecule has 14 heavy (non-hydrogen) atoms. The van der Waals surface area contributed by atoms with Crippen LogP contribution < -0.4 is 5.32 Å². The summed E-state index contributed by atoms with van der Waals surface area (Å²) in [5, 5.41) is 12.7. The number of aliphatic hydroxyl groups is 1. The molecule has 1 aliphatic carbocycles. The van der Waals surface area contributed by atoms with Crippen LogP contribution in [0.25, 0.3) is 0 Å². The summed E-state index contributed by atoms with van der Waals surface area (Å²) in [6, 6.07) is 0.176. The van der Waals surface area contributed by atoms with E-state index in [2.05, 4.69) is 5.32 Å². The summed E-state index contributed by atoms with van der Waals surface area (Å²) in [5.41, 5.74) is 0. The zero-order valence-corrected chi connectivity index (χ0v) is 9.39. The Bertz CT molecular complexity index is 263. The Balaban J connectivity index is 2.09. The molecule has 0 heterocycles. The van der Waals surface area contributed by atoms with Gasteiger partial charge in [0.25, 0.3) is 0 Å². The van der Waals surface area contributed by atoms with Gasteiger partial charge in [-0.25, -0.2) is 8.42 Å². The quantitative estimate of drug-likeness (QED) is 0.638. The normalized spacial score (nSPS) is 28.1. The summed E-state index contributed by atoms with van der Waals surface area (Å²) in [6.45, 7) is 0.675. The van der Waals surface area contributed by atoms with E-state index in [1.807, 2.05) is 0 Å². The molecule has 1 saturated carbocycles. The summed E-state index contributed by atoms with van der Waals surface area (Å²) >= 11 is 0. The second kappa shape index (κ2) is 5.09. The average molecular weight is 221 g/mol. The molecule has 0 spiro atoms. The Kier molecular flexibility index (Phi) is 4.34. The lowest BCUT2D eigenvalue weighted by Gasteiger charge is -2.15. The van der Waals surface area contributed by atoms with Crippen molar-refractivity contribution in [1.82, 2.24) is 5.32 Å². The summed E-state index contributed by atoms with van der Waals surface area (Å²) in [5.74, 6) is 0.225. The minimum Gasteiger partial charge on any atom is -0.392 e. The SMILES string of the molecule is CS(=O)(=O)CCCN[C@H]1CCC[C@@H]1O. The van der Waals surface area contributed by atoms with Crippen LogP contribution >= 0.6 is 0 Å². The van der Waals surface area contributed by atoms with Gasteiger partial charge in [0.1, 0.15) is 9.84 Å². The van der Waals surface area contributed by atoms with Gasteiger partial charge in [-0.1, -0.05) is 0 Å². The largest absolute Gasteiger partial charge is 0.392 e. The van der Waals surface area contributed by atoms with Crippen LogP contribution in [0.5, 0.6) is 0 Å². The van der Waals surface area contributed by atoms with E-state index in [9.17, 15) is 13.5 Å². The number of aliphatic hydroxyl groups excluding tert-OH is 1. The molecule has 2 atom stereocenters. The summed E-state index contributed by atoms with van der Waals surface area (Å²) in [6.07, 6.45) is 4.56. The number of sulfone groups is 1. The maximum atomic E-state index is 10.8. The molecule has 0 aromatic carbocycles. The van der Waals surface area contributed by atoms with Crippen molar-refractivity contribution >= 4 is 9.84 Å². The molecule has 1 aliphatic rings. The topological polar surface area (TPSA) is 66.4 Å². The molecule has 4 nitrogen and oxygen atoms in total. The molecule has 0 saturated heterocycles. The Labute approximate surface area is 85.6 Å². The highest BCUT2D eigenvalue weighted by molar-refractivity contribution is 7.90. The third-order valence-electron chi connectivity index (χ3n) is 2.58. The monoisotopic (exact) mass is 221 g/mol. The molecule has 0 aromatic rings. The van der Waals surface area contributed by atoms with Crippen molar-refractivity contribution in [3.05, 3.63) is 0 Å². The predicted molar refractivity (Wildman–Crippen MR) is 56.0 cm³/mol. The van der Waals surface area contributed by atoms with Gasteiger partial charge < -0.3 is 10.4 Å². The van der Waals surface area contributed by atoms with Crippen LogP contribution in [0, 0.1) is 0 Å². The van der Waals surface area contributed by atoms with Gasteiger partial charge in [-0.2, -0.15) is 0 Å².